The number of aromatic amines is 1. The lowest BCUT2D eigenvalue weighted by atomic mass is 10.3. The highest BCUT2D eigenvalue weighted by Gasteiger charge is 2.04. The average molecular weight is 167 g/mol. The van der Waals surface area contributed by atoms with Crippen LogP contribution < -0.4 is 5.32 Å². The first-order valence-corrected chi connectivity index (χ1v) is 4.12. The minimum absolute atomic E-state index is 0.107. The first-order valence-electron chi connectivity index (χ1n) is 4.12. The molecule has 1 aromatic heterocycles. The Balaban J connectivity index is 2.30. The molecule has 0 atom stereocenters. The lowest BCUT2D eigenvalue weighted by Crippen LogP contribution is -2.24. The number of aromatic nitrogens is 2. The van der Waals surface area contributed by atoms with Gasteiger partial charge in [0.05, 0.1) is 0 Å². The molecule has 0 radical (unpaired) electrons. The van der Waals surface area contributed by atoms with Crippen LogP contribution in [0.15, 0.2) is 12.3 Å². The number of carbonyl (C=O) groups excluding carboxylic acids is 1. The zero-order valence-electron chi connectivity index (χ0n) is 7.13. The Bertz CT molecular complexity index is 230. The van der Waals surface area contributed by atoms with Gasteiger partial charge in [-0.15, -0.1) is 0 Å². The van der Waals surface area contributed by atoms with Crippen LogP contribution in [0.25, 0.3) is 0 Å². The fraction of sp³-hybridized carbons (Fsp3) is 0.500. The third kappa shape index (κ3) is 2.38. The summed E-state index contributed by atoms with van der Waals surface area (Å²) in [6.07, 6.45) is 3.73. The molecule has 0 unspecified atom stereocenters. The van der Waals surface area contributed by atoms with Gasteiger partial charge in [0.2, 0.25) is 0 Å². The van der Waals surface area contributed by atoms with Gasteiger partial charge in [0.25, 0.3) is 5.91 Å². The lowest BCUT2D eigenvalue weighted by molar-refractivity contribution is 0.0948. The highest BCUT2D eigenvalue weighted by Crippen LogP contribution is 1.91. The molecule has 12 heavy (non-hydrogen) atoms. The average Bonchev–Trinajstić information content (AvgIpc) is 2.56. The van der Waals surface area contributed by atoms with Gasteiger partial charge in [-0.1, -0.05) is 13.3 Å². The minimum Gasteiger partial charge on any atom is -0.351 e. The van der Waals surface area contributed by atoms with E-state index in [1.807, 2.05) is 0 Å². The zero-order valence-corrected chi connectivity index (χ0v) is 7.13. The van der Waals surface area contributed by atoms with Gasteiger partial charge in [0, 0.05) is 12.7 Å². The lowest BCUT2D eigenvalue weighted by Gasteiger charge is -1.99. The van der Waals surface area contributed by atoms with Crippen LogP contribution >= 0.6 is 0 Å². The highest BCUT2D eigenvalue weighted by atomic mass is 16.1. The Morgan fingerprint density at radius 3 is 3.17 bits per heavy atom. The van der Waals surface area contributed by atoms with E-state index in [4.69, 9.17) is 0 Å². The molecule has 2 N–H and O–H groups in total. The van der Waals surface area contributed by atoms with Crippen LogP contribution in [-0.4, -0.2) is 22.6 Å². The molecule has 66 valence electrons. The van der Waals surface area contributed by atoms with E-state index in [0.29, 0.717) is 5.69 Å². The first-order chi connectivity index (χ1) is 5.84. The minimum atomic E-state index is -0.107. The van der Waals surface area contributed by atoms with Crippen LogP contribution in [0.2, 0.25) is 0 Å². The number of amides is 1. The van der Waals surface area contributed by atoms with Crippen molar-refractivity contribution in [3.8, 4) is 0 Å². The van der Waals surface area contributed by atoms with Crippen molar-refractivity contribution in [2.75, 3.05) is 6.54 Å². The van der Waals surface area contributed by atoms with E-state index in [0.717, 1.165) is 19.4 Å². The molecule has 1 aromatic rings. The highest BCUT2D eigenvalue weighted by molar-refractivity contribution is 5.91. The van der Waals surface area contributed by atoms with Crippen molar-refractivity contribution >= 4 is 5.91 Å². The summed E-state index contributed by atoms with van der Waals surface area (Å²) >= 11 is 0. The number of nitrogens with zero attached hydrogens (tertiary/aromatic N) is 1. The molecule has 0 fully saturated rings. The van der Waals surface area contributed by atoms with Gasteiger partial charge in [-0.25, -0.2) is 0 Å². The van der Waals surface area contributed by atoms with E-state index in [9.17, 15) is 4.79 Å². The van der Waals surface area contributed by atoms with Crippen molar-refractivity contribution < 1.29 is 4.79 Å². The van der Waals surface area contributed by atoms with Crippen molar-refractivity contribution in [1.82, 2.24) is 15.5 Å². The zero-order chi connectivity index (χ0) is 8.81. The van der Waals surface area contributed by atoms with E-state index < -0.39 is 0 Å². The quantitative estimate of drug-likeness (QED) is 0.656. The van der Waals surface area contributed by atoms with Crippen molar-refractivity contribution in [2.24, 2.45) is 0 Å². The smallest absolute Gasteiger partial charge is 0.271 e. The van der Waals surface area contributed by atoms with Crippen molar-refractivity contribution in [3.05, 3.63) is 18.0 Å². The number of carbonyl (C=O) groups is 1. The molecule has 1 heterocycles. The van der Waals surface area contributed by atoms with Gasteiger partial charge < -0.3 is 5.32 Å². The molecule has 0 bridgehead atoms. The van der Waals surface area contributed by atoms with Crippen molar-refractivity contribution in [2.45, 2.75) is 19.8 Å². The van der Waals surface area contributed by atoms with Crippen LogP contribution in [-0.2, 0) is 0 Å². The van der Waals surface area contributed by atoms with E-state index in [1.54, 1.807) is 12.3 Å². The summed E-state index contributed by atoms with van der Waals surface area (Å²) in [5.74, 6) is -0.107. The van der Waals surface area contributed by atoms with Crippen molar-refractivity contribution in [1.29, 1.82) is 0 Å². The number of H-pyrrole nitrogens is 1. The van der Waals surface area contributed by atoms with Gasteiger partial charge >= 0.3 is 0 Å². The summed E-state index contributed by atoms with van der Waals surface area (Å²) in [4.78, 5) is 11.2. The number of hydrogen-bond donors (Lipinski definition) is 2. The monoisotopic (exact) mass is 167 g/mol. The van der Waals surface area contributed by atoms with E-state index in [2.05, 4.69) is 22.4 Å². The molecule has 1 amide bonds. The maximum absolute atomic E-state index is 11.2. The number of unbranched alkanes of at least 4 members (excludes halogenated alkanes) is 1. The standard InChI is InChI=1S/C8H13N3O/c1-2-3-5-9-8(12)7-4-6-10-11-7/h4,6H,2-3,5H2,1H3,(H,9,12)(H,10,11). The van der Waals surface area contributed by atoms with Crippen LogP contribution in [0, 0.1) is 0 Å². The normalized spacial score (nSPS) is 9.75. The molecule has 0 saturated heterocycles. The summed E-state index contributed by atoms with van der Waals surface area (Å²) in [7, 11) is 0. The molecule has 0 spiro atoms. The fourth-order valence-corrected chi connectivity index (χ4v) is 0.856. The maximum Gasteiger partial charge on any atom is 0.271 e. The fourth-order valence-electron chi connectivity index (χ4n) is 0.856. The SMILES string of the molecule is CCCCNC(=O)c1cc[nH]n1. The maximum atomic E-state index is 11.2. The molecule has 0 saturated carbocycles. The van der Waals surface area contributed by atoms with Crippen molar-refractivity contribution in [3.63, 3.8) is 0 Å². The third-order valence-corrected chi connectivity index (χ3v) is 1.55. The third-order valence-electron chi connectivity index (χ3n) is 1.55. The Morgan fingerprint density at radius 2 is 2.58 bits per heavy atom. The summed E-state index contributed by atoms with van der Waals surface area (Å²) in [5, 5.41) is 9.11. The Hall–Kier alpha value is -1.32. The predicted molar refractivity (Wildman–Crippen MR) is 45.8 cm³/mol. The molecule has 1 rings (SSSR count). The summed E-state index contributed by atoms with van der Waals surface area (Å²) in [6.45, 7) is 2.81. The van der Waals surface area contributed by atoms with Gasteiger partial charge in [0.15, 0.2) is 0 Å². The topological polar surface area (TPSA) is 57.8 Å². The Labute approximate surface area is 71.4 Å². The molecule has 0 aliphatic carbocycles. The predicted octanol–water partition coefficient (Wildman–Crippen LogP) is 0.940. The summed E-state index contributed by atoms with van der Waals surface area (Å²) in [6, 6.07) is 1.65. The first kappa shape index (κ1) is 8.77. The molecule has 4 nitrogen and oxygen atoms in total. The van der Waals surface area contributed by atoms with Crippen LogP contribution in [0.4, 0.5) is 0 Å². The van der Waals surface area contributed by atoms with E-state index >= 15 is 0 Å². The largest absolute Gasteiger partial charge is 0.351 e. The Morgan fingerprint density at radius 1 is 1.75 bits per heavy atom. The molecular formula is C8H13N3O. The second-order valence-electron chi connectivity index (χ2n) is 2.57. The molecular weight excluding hydrogens is 154 g/mol. The summed E-state index contributed by atoms with van der Waals surface area (Å²) in [5.41, 5.74) is 0.450. The molecule has 0 aliphatic rings. The van der Waals surface area contributed by atoms with E-state index in [1.165, 1.54) is 0 Å². The van der Waals surface area contributed by atoms with Gasteiger partial charge in [-0.05, 0) is 12.5 Å². The van der Waals surface area contributed by atoms with Gasteiger partial charge in [0.1, 0.15) is 5.69 Å². The molecule has 0 aromatic carbocycles. The number of rotatable bonds is 4. The van der Waals surface area contributed by atoms with E-state index in [-0.39, 0.29) is 5.91 Å². The van der Waals surface area contributed by atoms with Gasteiger partial charge in [-0.3, -0.25) is 9.89 Å². The van der Waals surface area contributed by atoms with Crippen LogP contribution in [0.3, 0.4) is 0 Å². The van der Waals surface area contributed by atoms with Crippen LogP contribution in [0.1, 0.15) is 30.3 Å². The number of nitrogens with one attached hydrogen (secondary N) is 2. The molecule has 0 aliphatic heterocycles. The van der Waals surface area contributed by atoms with Crippen LogP contribution in [0.5, 0.6) is 0 Å². The van der Waals surface area contributed by atoms with Gasteiger partial charge in [-0.2, -0.15) is 5.10 Å². The second-order valence-corrected chi connectivity index (χ2v) is 2.57. The molecule has 4 heteroatoms. The number of hydrogen-bond acceptors (Lipinski definition) is 2. The Kier molecular flexibility index (Phi) is 3.32. The summed E-state index contributed by atoms with van der Waals surface area (Å²) < 4.78 is 0. The second kappa shape index (κ2) is 4.54.